The second kappa shape index (κ2) is 8.04. The maximum Gasteiger partial charge on any atom is 0.222 e. The normalized spacial score (nSPS) is 22.1. The van der Waals surface area contributed by atoms with E-state index in [-0.39, 0.29) is 0 Å². The summed E-state index contributed by atoms with van der Waals surface area (Å²) in [4.78, 5) is 14.7. The number of nitrogens with zero attached hydrogens (tertiary/aromatic N) is 1. The fraction of sp³-hybridized carbons (Fsp3) is 0.667. The van der Waals surface area contributed by atoms with Crippen LogP contribution >= 0.6 is 0 Å². The molecule has 0 bridgehead atoms. The molecule has 2 aliphatic rings. The number of piperidine rings is 1. The third-order valence-corrected chi connectivity index (χ3v) is 5.66. The largest absolute Gasteiger partial charge is 0.381 e. The topological polar surface area (TPSA) is 32.3 Å². The number of anilines is 1. The van der Waals surface area contributed by atoms with E-state index in [1.807, 2.05) is 0 Å². The highest BCUT2D eigenvalue weighted by molar-refractivity contribution is 5.76. The Morgan fingerprint density at radius 2 is 1.83 bits per heavy atom. The number of benzene rings is 1. The number of hydrogen-bond donors (Lipinski definition) is 1. The van der Waals surface area contributed by atoms with Crippen LogP contribution in [0.4, 0.5) is 5.69 Å². The molecule has 1 heterocycles. The van der Waals surface area contributed by atoms with Crippen LogP contribution in [0.2, 0.25) is 0 Å². The van der Waals surface area contributed by atoms with E-state index in [1.54, 1.807) is 0 Å². The molecule has 24 heavy (non-hydrogen) atoms. The van der Waals surface area contributed by atoms with Crippen molar-refractivity contribution in [3.63, 3.8) is 0 Å². The number of likely N-dealkylation sites (tertiary alicyclic amines) is 1. The van der Waals surface area contributed by atoms with E-state index in [2.05, 4.69) is 48.3 Å². The van der Waals surface area contributed by atoms with Gasteiger partial charge in [0.2, 0.25) is 5.91 Å². The summed E-state index contributed by atoms with van der Waals surface area (Å²) in [6, 6.07) is 9.15. The molecule has 1 amide bonds. The van der Waals surface area contributed by atoms with Crippen LogP contribution in [0.1, 0.15) is 70.3 Å². The number of carbonyl (C=O) groups is 1. The molecule has 1 aliphatic heterocycles. The maximum absolute atomic E-state index is 12.6. The predicted molar refractivity (Wildman–Crippen MR) is 100 cm³/mol. The van der Waals surface area contributed by atoms with E-state index in [4.69, 9.17) is 0 Å². The van der Waals surface area contributed by atoms with Gasteiger partial charge in [0.25, 0.3) is 0 Å². The first-order chi connectivity index (χ1) is 11.6. The zero-order valence-electron chi connectivity index (χ0n) is 15.3. The summed E-state index contributed by atoms with van der Waals surface area (Å²) >= 11 is 0. The standard InChI is InChI=1S/C21H32N2O/c1-16(2)18-9-11-19(12-10-18)22-20-8-5-13-23(15-20)21(24)14-17-6-3-4-7-17/h9-12,16-17,20,22H,3-8,13-15H2,1-2H3/t20-/m0/s1. The summed E-state index contributed by atoms with van der Waals surface area (Å²) in [5.74, 6) is 1.59. The van der Waals surface area contributed by atoms with Crippen LogP contribution in [0.3, 0.4) is 0 Å². The summed E-state index contributed by atoms with van der Waals surface area (Å²) in [6.07, 6.45) is 8.17. The summed E-state index contributed by atoms with van der Waals surface area (Å²) < 4.78 is 0. The molecule has 1 aliphatic carbocycles. The van der Waals surface area contributed by atoms with Crippen LogP contribution in [-0.4, -0.2) is 29.9 Å². The fourth-order valence-corrected chi connectivity index (χ4v) is 4.11. The van der Waals surface area contributed by atoms with Crippen molar-refractivity contribution in [2.75, 3.05) is 18.4 Å². The van der Waals surface area contributed by atoms with E-state index in [0.29, 0.717) is 23.8 Å². The number of nitrogens with one attached hydrogen (secondary N) is 1. The first kappa shape index (κ1) is 17.3. The molecular formula is C21H32N2O. The van der Waals surface area contributed by atoms with Crippen LogP contribution in [0.15, 0.2) is 24.3 Å². The smallest absolute Gasteiger partial charge is 0.222 e. The van der Waals surface area contributed by atoms with Crippen molar-refractivity contribution in [3.05, 3.63) is 29.8 Å². The van der Waals surface area contributed by atoms with E-state index < -0.39 is 0 Å². The van der Waals surface area contributed by atoms with Gasteiger partial charge < -0.3 is 10.2 Å². The molecule has 0 radical (unpaired) electrons. The maximum atomic E-state index is 12.6. The van der Waals surface area contributed by atoms with Crippen molar-refractivity contribution in [3.8, 4) is 0 Å². The molecule has 3 heteroatoms. The summed E-state index contributed by atoms with van der Waals surface area (Å²) in [5.41, 5.74) is 2.55. The molecule has 0 spiro atoms. The molecule has 1 atom stereocenters. The summed E-state index contributed by atoms with van der Waals surface area (Å²) in [5, 5.41) is 3.63. The minimum Gasteiger partial charge on any atom is -0.381 e. The molecule has 2 fully saturated rings. The van der Waals surface area contributed by atoms with E-state index in [9.17, 15) is 4.79 Å². The molecule has 1 saturated carbocycles. The Hall–Kier alpha value is -1.51. The molecule has 0 unspecified atom stereocenters. The number of amides is 1. The SMILES string of the molecule is CC(C)c1ccc(N[C@H]2CCCN(C(=O)CC3CCCC3)C2)cc1. The van der Waals surface area contributed by atoms with Crippen molar-refractivity contribution in [2.45, 2.75) is 70.8 Å². The van der Waals surface area contributed by atoms with Gasteiger partial charge in [-0.2, -0.15) is 0 Å². The van der Waals surface area contributed by atoms with E-state index >= 15 is 0 Å². The molecule has 1 aromatic rings. The molecule has 0 aromatic heterocycles. The molecule has 132 valence electrons. The third-order valence-electron chi connectivity index (χ3n) is 5.66. The van der Waals surface area contributed by atoms with Gasteiger partial charge in [-0.15, -0.1) is 0 Å². The minimum atomic E-state index is 0.378. The van der Waals surface area contributed by atoms with Gasteiger partial charge >= 0.3 is 0 Å². The van der Waals surface area contributed by atoms with Gasteiger partial charge in [-0.1, -0.05) is 38.8 Å². The zero-order valence-corrected chi connectivity index (χ0v) is 15.3. The Bertz CT molecular complexity index is 531. The first-order valence-electron chi connectivity index (χ1n) is 9.76. The lowest BCUT2D eigenvalue weighted by atomic mass is 10.00. The van der Waals surface area contributed by atoms with Crippen LogP contribution < -0.4 is 5.32 Å². The lowest BCUT2D eigenvalue weighted by molar-refractivity contribution is -0.133. The third kappa shape index (κ3) is 4.52. The van der Waals surface area contributed by atoms with Crippen LogP contribution in [0.5, 0.6) is 0 Å². The molecule has 3 rings (SSSR count). The minimum absolute atomic E-state index is 0.378. The Labute approximate surface area is 146 Å². The van der Waals surface area contributed by atoms with Crippen molar-refractivity contribution in [1.29, 1.82) is 0 Å². The quantitative estimate of drug-likeness (QED) is 0.842. The van der Waals surface area contributed by atoms with Gasteiger partial charge in [0, 0.05) is 31.2 Å². The Morgan fingerprint density at radius 3 is 2.50 bits per heavy atom. The zero-order chi connectivity index (χ0) is 16.9. The molecule has 1 saturated heterocycles. The molecule has 1 N–H and O–H groups in total. The predicted octanol–water partition coefficient (Wildman–Crippen LogP) is 4.79. The van der Waals surface area contributed by atoms with Crippen molar-refractivity contribution >= 4 is 11.6 Å². The van der Waals surface area contributed by atoms with Crippen LogP contribution in [0, 0.1) is 5.92 Å². The highest BCUT2D eigenvalue weighted by atomic mass is 16.2. The second-order valence-corrected chi connectivity index (χ2v) is 7.95. The average molecular weight is 329 g/mol. The Morgan fingerprint density at radius 1 is 1.12 bits per heavy atom. The van der Waals surface area contributed by atoms with Gasteiger partial charge in [-0.25, -0.2) is 0 Å². The van der Waals surface area contributed by atoms with Gasteiger partial charge in [0.1, 0.15) is 0 Å². The van der Waals surface area contributed by atoms with Crippen molar-refractivity contribution < 1.29 is 4.79 Å². The highest BCUT2D eigenvalue weighted by Crippen LogP contribution is 2.28. The van der Waals surface area contributed by atoms with Crippen molar-refractivity contribution in [1.82, 2.24) is 4.90 Å². The van der Waals surface area contributed by atoms with Gasteiger partial charge in [0.05, 0.1) is 0 Å². The lowest BCUT2D eigenvalue weighted by Gasteiger charge is -2.34. The van der Waals surface area contributed by atoms with Gasteiger partial charge in [0.15, 0.2) is 0 Å². The number of carbonyl (C=O) groups excluding carboxylic acids is 1. The van der Waals surface area contributed by atoms with Crippen LogP contribution in [0.25, 0.3) is 0 Å². The van der Waals surface area contributed by atoms with Crippen LogP contribution in [-0.2, 0) is 4.79 Å². The van der Waals surface area contributed by atoms with E-state index in [0.717, 1.165) is 32.4 Å². The Balaban J connectivity index is 1.52. The van der Waals surface area contributed by atoms with Gasteiger partial charge in [-0.05, 0) is 55.2 Å². The highest BCUT2D eigenvalue weighted by Gasteiger charge is 2.26. The monoisotopic (exact) mass is 328 g/mol. The Kier molecular flexibility index (Phi) is 5.80. The first-order valence-corrected chi connectivity index (χ1v) is 9.76. The fourth-order valence-electron chi connectivity index (χ4n) is 4.11. The molecule has 1 aromatic carbocycles. The summed E-state index contributed by atoms with van der Waals surface area (Å²) in [6.45, 7) is 6.24. The molecular weight excluding hydrogens is 296 g/mol. The second-order valence-electron chi connectivity index (χ2n) is 7.95. The molecule has 3 nitrogen and oxygen atoms in total. The van der Waals surface area contributed by atoms with E-state index in [1.165, 1.54) is 36.9 Å². The van der Waals surface area contributed by atoms with Gasteiger partial charge in [-0.3, -0.25) is 4.79 Å². The summed E-state index contributed by atoms with van der Waals surface area (Å²) in [7, 11) is 0. The average Bonchev–Trinajstić information content (AvgIpc) is 3.08. The number of hydrogen-bond acceptors (Lipinski definition) is 2. The lowest BCUT2D eigenvalue weighted by Crippen LogP contribution is -2.45. The number of rotatable bonds is 5. The van der Waals surface area contributed by atoms with Crippen molar-refractivity contribution in [2.24, 2.45) is 5.92 Å².